The quantitative estimate of drug-likeness (QED) is 0.680. The standard InChI is InChI=1S/C23H33N5O4/c1-16(12-25-22(30)32-23(2,3)4)21(29)28-11-5-6-17(14-28)15-31-18-7-8-19(24-13-18)20-9-10-26-27-20/h7-10,13,16-17H,5-6,11-12,14-15H2,1-4H3,(H,25,30)(H,26,27)/t16-,17+/m0/s1. The third-order valence-corrected chi connectivity index (χ3v) is 5.20. The summed E-state index contributed by atoms with van der Waals surface area (Å²) in [4.78, 5) is 31.0. The van der Waals surface area contributed by atoms with Gasteiger partial charge in [-0.3, -0.25) is 14.9 Å². The highest BCUT2D eigenvalue weighted by atomic mass is 16.6. The Hall–Kier alpha value is -3.10. The van der Waals surface area contributed by atoms with E-state index in [2.05, 4.69) is 20.5 Å². The molecule has 0 spiro atoms. The highest BCUT2D eigenvalue weighted by Crippen LogP contribution is 2.21. The van der Waals surface area contributed by atoms with E-state index in [4.69, 9.17) is 9.47 Å². The first-order valence-electron chi connectivity index (χ1n) is 11.1. The van der Waals surface area contributed by atoms with Crippen LogP contribution < -0.4 is 10.1 Å². The van der Waals surface area contributed by atoms with E-state index >= 15 is 0 Å². The molecule has 1 aliphatic heterocycles. The van der Waals surface area contributed by atoms with Gasteiger partial charge in [-0.25, -0.2) is 4.79 Å². The van der Waals surface area contributed by atoms with E-state index in [1.807, 2.05) is 30.0 Å². The van der Waals surface area contributed by atoms with Gasteiger partial charge in [-0.05, 0) is 51.8 Å². The molecule has 3 heterocycles. The van der Waals surface area contributed by atoms with Gasteiger partial charge in [0.2, 0.25) is 5.91 Å². The summed E-state index contributed by atoms with van der Waals surface area (Å²) in [5.41, 5.74) is 1.10. The first kappa shape index (κ1) is 23.6. The zero-order valence-corrected chi connectivity index (χ0v) is 19.3. The number of rotatable bonds is 7. The van der Waals surface area contributed by atoms with E-state index in [9.17, 15) is 9.59 Å². The Balaban J connectivity index is 1.44. The fourth-order valence-electron chi connectivity index (χ4n) is 3.59. The molecule has 0 aromatic carbocycles. The number of aromatic nitrogens is 3. The Morgan fingerprint density at radius 2 is 2.12 bits per heavy atom. The van der Waals surface area contributed by atoms with Crippen molar-refractivity contribution >= 4 is 12.0 Å². The molecule has 2 N–H and O–H groups in total. The third kappa shape index (κ3) is 6.96. The van der Waals surface area contributed by atoms with Crippen LogP contribution in [0.15, 0.2) is 30.6 Å². The van der Waals surface area contributed by atoms with Crippen LogP contribution in [0, 0.1) is 11.8 Å². The molecule has 0 unspecified atom stereocenters. The number of carbonyl (C=O) groups excluding carboxylic acids is 2. The summed E-state index contributed by atoms with van der Waals surface area (Å²) >= 11 is 0. The number of hydrogen-bond acceptors (Lipinski definition) is 6. The zero-order chi connectivity index (χ0) is 23.1. The van der Waals surface area contributed by atoms with Gasteiger partial charge in [0.05, 0.1) is 30.1 Å². The van der Waals surface area contributed by atoms with Crippen molar-refractivity contribution in [2.75, 3.05) is 26.2 Å². The molecule has 3 rings (SSSR count). The molecular weight excluding hydrogens is 410 g/mol. The predicted octanol–water partition coefficient (Wildman–Crippen LogP) is 3.25. The fraction of sp³-hybridized carbons (Fsp3) is 0.565. The topological polar surface area (TPSA) is 109 Å². The van der Waals surface area contributed by atoms with Crippen molar-refractivity contribution < 1.29 is 19.1 Å². The molecule has 2 amide bonds. The Morgan fingerprint density at radius 1 is 1.31 bits per heavy atom. The zero-order valence-electron chi connectivity index (χ0n) is 19.3. The maximum atomic E-state index is 12.8. The lowest BCUT2D eigenvalue weighted by atomic mass is 9.97. The lowest BCUT2D eigenvalue weighted by Gasteiger charge is -2.34. The van der Waals surface area contributed by atoms with Gasteiger partial charge in [-0.1, -0.05) is 6.92 Å². The maximum absolute atomic E-state index is 12.8. The number of nitrogens with one attached hydrogen (secondary N) is 2. The molecule has 0 radical (unpaired) electrons. The van der Waals surface area contributed by atoms with E-state index in [1.54, 1.807) is 33.2 Å². The van der Waals surface area contributed by atoms with E-state index in [-0.39, 0.29) is 24.3 Å². The van der Waals surface area contributed by atoms with Gasteiger partial charge >= 0.3 is 6.09 Å². The Bertz CT molecular complexity index is 877. The molecule has 32 heavy (non-hydrogen) atoms. The molecule has 1 fully saturated rings. The Labute approximate surface area is 188 Å². The molecule has 2 aromatic heterocycles. The molecule has 1 aliphatic rings. The summed E-state index contributed by atoms with van der Waals surface area (Å²) < 4.78 is 11.2. The summed E-state index contributed by atoms with van der Waals surface area (Å²) in [6.07, 6.45) is 4.82. The van der Waals surface area contributed by atoms with Crippen LogP contribution in [0.2, 0.25) is 0 Å². The van der Waals surface area contributed by atoms with E-state index < -0.39 is 11.7 Å². The van der Waals surface area contributed by atoms with Gasteiger partial charge in [0.15, 0.2) is 0 Å². The van der Waals surface area contributed by atoms with E-state index in [0.29, 0.717) is 18.9 Å². The molecule has 9 heteroatoms. The van der Waals surface area contributed by atoms with Crippen LogP contribution in [-0.4, -0.2) is 63.9 Å². The number of piperidine rings is 1. The van der Waals surface area contributed by atoms with E-state index in [0.717, 1.165) is 30.8 Å². The number of pyridine rings is 1. The fourth-order valence-corrected chi connectivity index (χ4v) is 3.59. The van der Waals surface area contributed by atoms with Gasteiger partial charge in [-0.2, -0.15) is 5.10 Å². The Kier molecular flexibility index (Phi) is 7.71. The number of amides is 2. The lowest BCUT2D eigenvalue weighted by Crippen LogP contribution is -2.46. The van der Waals surface area contributed by atoms with Crippen molar-refractivity contribution in [3.05, 3.63) is 30.6 Å². The normalized spacial score (nSPS) is 17.5. The van der Waals surface area contributed by atoms with Crippen LogP contribution in [0.1, 0.15) is 40.5 Å². The van der Waals surface area contributed by atoms with Crippen molar-refractivity contribution in [3.8, 4) is 17.1 Å². The average Bonchev–Trinajstić information content (AvgIpc) is 3.30. The van der Waals surface area contributed by atoms with Crippen molar-refractivity contribution in [2.45, 2.75) is 46.1 Å². The summed E-state index contributed by atoms with van der Waals surface area (Å²) in [7, 11) is 0. The number of hydrogen-bond donors (Lipinski definition) is 2. The van der Waals surface area contributed by atoms with Crippen LogP contribution in [0.4, 0.5) is 4.79 Å². The third-order valence-electron chi connectivity index (χ3n) is 5.20. The van der Waals surface area contributed by atoms with Gasteiger partial charge in [0, 0.05) is 31.7 Å². The van der Waals surface area contributed by atoms with Crippen LogP contribution in [0.25, 0.3) is 11.4 Å². The number of likely N-dealkylation sites (tertiary alicyclic amines) is 1. The summed E-state index contributed by atoms with van der Waals surface area (Å²) in [6, 6.07) is 5.64. The molecule has 1 saturated heterocycles. The largest absolute Gasteiger partial charge is 0.492 e. The molecular formula is C23H33N5O4. The smallest absolute Gasteiger partial charge is 0.407 e. The van der Waals surface area contributed by atoms with Crippen LogP contribution in [0.5, 0.6) is 5.75 Å². The molecule has 0 saturated carbocycles. The van der Waals surface area contributed by atoms with Crippen molar-refractivity contribution in [1.82, 2.24) is 25.4 Å². The molecule has 0 bridgehead atoms. The minimum Gasteiger partial charge on any atom is -0.492 e. The predicted molar refractivity (Wildman–Crippen MR) is 120 cm³/mol. The second-order valence-electron chi connectivity index (χ2n) is 9.24. The van der Waals surface area contributed by atoms with Gasteiger partial charge in [-0.15, -0.1) is 0 Å². The minimum absolute atomic E-state index is 0.0383. The summed E-state index contributed by atoms with van der Waals surface area (Å²) in [5.74, 6) is 0.676. The number of aromatic amines is 1. The molecule has 2 aromatic rings. The minimum atomic E-state index is -0.563. The number of ether oxygens (including phenoxy) is 2. The SMILES string of the molecule is C[C@@H](CNC(=O)OC(C)(C)C)C(=O)N1CCC[C@@H](COc2ccc(-c3ccn[nH]3)nc2)C1. The summed E-state index contributed by atoms with van der Waals surface area (Å²) in [6.45, 7) is 9.40. The first-order chi connectivity index (χ1) is 15.2. The van der Waals surface area contributed by atoms with Gasteiger partial charge in [0.25, 0.3) is 0 Å². The second-order valence-corrected chi connectivity index (χ2v) is 9.24. The van der Waals surface area contributed by atoms with Crippen molar-refractivity contribution in [2.24, 2.45) is 11.8 Å². The van der Waals surface area contributed by atoms with Crippen LogP contribution >= 0.6 is 0 Å². The number of carbonyl (C=O) groups is 2. The number of H-pyrrole nitrogens is 1. The highest BCUT2D eigenvalue weighted by molar-refractivity contribution is 5.79. The molecule has 174 valence electrons. The lowest BCUT2D eigenvalue weighted by molar-refractivity contribution is -0.136. The second kappa shape index (κ2) is 10.5. The molecule has 2 atom stereocenters. The first-order valence-corrected chi connectivity index (χ1v) is 11.1. The van der Waals surface area contributed by atoms with Gasteiger partial charge < -0.3 is 19.7 Å². The van der Waals surface area contributed by atoms with Crippen LogP contribution in [-0.2, 0) is 9.53 Å². The summed E-state index contributed by atoms with van der Waals surface area (Å²) in [5, 5.41) is 9.50. The maximum Gasteiger partial charge on any atom is 0.407 e. The average molecular weight is 444 g/mol. The monoisotopic (exact) mass is 443 g/mol. The highest BCUT2D eigenvalue weighted by Gasteiger charge is 2.28. The molecule has 9 nitrogen and oxygen atoms in total. The van der Waals surface area contributed by atoms with Crippen molar-refractivity contribution in [3.63, 3.8) is 0 Å². The van der Waals surface area contributed by atoms with Gasteiger partial charge in [0.1, 0.15) is 11.4 Å². The van der Waals surface area contributed by atoms with Crippen molar-refractivity contribution in [1.29, 1.82) is 0 Å². The Morgan fingerprint density at radius 3 is 2.78 bits per heavy atom. The van der Waals surface area contributed by atoms with E-state index in [1.165, 1.54) is 0 Å². The van der Waals surface area contributed by atoms with Crippen LogP contribution in [0.3, 0.4) is 0 Å². The number of nitrogens with zero attached hydrogens (tertiary/aromatic N) is 3. The molecule has 0 aliphatic carbocycles. The number of alkyl carbamates (subject to hydrolysis) is 1.